The van der Waals surface area contributed by atoms with Crippen molar-refractivity contribution in [2.45, 2.75) is 32.8 Å². The third kappa shape index (κ3) is 3.57. The van der Waals surface area contributed by atoms with Crippen molar-refractivity contribution >= 4 is 17.4 Å². The lowest BCUT2D eigenvalue weighted by molar-refractivity contribution is -0.124. The number of carbonyl (C=O) groups is 1. The first-order valence-corrected chi connectivity index (χ1v) is 8.33. The highest BCUT2D eigenvalue weighted by atomic mass is 16.3. The van der Waals surface area contributed by atoms with Crippen molar-refractivity contribution in [3.8, 4) is 0 Å². The van der Waals surface area contributed by atoms with Crippen molar-refractivity contribution in [2.24, 2.45) is 0 Å². The molecule has 5 heteroatoms. The molecule has 1 saturated heterocycles. The van der Waals surface area contributed by atoms with Crippen LogP contribution < -0.4 is 10.2 Å². The smallest absolute Gasteiger partial charge is 0.257 e. The number of aliphatic hydroxyl groups is 1. The molecule has 5 nitrogen and oxygen atoms in total. The first-order chi connectivity index (χ1) is 11.5. The van der Waals surface area contributed by atoms with Crippen LogP contribution in [0.1, 0.15) is 35.8 Å². The minimum absolute atomic E-state index is 0.445. The molecule has 0 aliphatic carbocycles. The minimum Gasteiger partial charge on any atom is -0.378 e. The van der Waals surface area contributed by atoms with Crippen LogP contribution in [0.2, 0.25) is 0 Å². The fourth-order valence-corrected chi connectivity index (χ4v) is 2.99. The number of benzene rings is 1. The van der Waals surface area contributed by atoms with Crippen molar-refractivity contribution in [2.75, 3.05) is 23.3 Å². The lowest BCUT2D eigenvalue weighted by Crippen LogP contribution is -2.22. The molecule has 1 aliphatic heterocycles. The number of carbonyl (C=O) groups excluding carboxylic acids is 1. The summed E-state index contributed by atoms with van der Waals surface area (Å²) in [4.78, 5) is 19.2. The van der Waals surface area contributed by atoms with Gasteiger partial charge >= 0.3 is 0 Å². The molecule has 1 aliphatic rings. The predicted octanol–water partition coefficient (Wildman–Crippen LogP) is 2.97. The van der Waals surface area contributed by atoms with Crippen LogP contribution in [0.4, 0.5) is 11.5 Å². The number of rotatable bonds is 4. The van der Waals surface area contributed by atoms with Gasteiger partial charge in [0.25, 0.3) is 5.91 Å². The van der Waals surface area contributed by atoms with Gasteiger partial charge in [-0.1, -0.05) is 29.8 Å². The fraction of sp³-hybridized carbons (Fsp3) is 0.368. The lowest BCUT2D eigenvalue weighted by Gasteiger charge is -2.18. The predicted molar refractivity (Wildman–Crippen MR) is 95.2 cm³/mol. The summed E-state index contributed by atoms with van der Waals surface area (Å²) in [5.74, 6) is 0.502. The number of hydrogen-bond acceptors (Lipinski definition) is 4. The third-order valence-corrected chi connectivity index (χ3v) is 4.37. The Morgan fingerprint density at radius 3 is 2.62 bits per heavy atom. The average molecular weight is 325 g/mol. The Bertz CT molecular complexity index is 739. The third-order valence-electron chi connectivity index (χ3n) is 4.37. The van der Waals surface area contributed by atoms with Crippen LogP contribution in [0.25, 0.3) is 0 Å². The van der Waals surface area contributed by atoms with Gasteiger partial charge in [-0.3, -0.25) is 4.79 Å². The number of nitrogens with zero attached hydrogens (tertiary/aromatic N) is 2. The molecule has 1 unspecified atom stereocenters. The average Bonchev–Trinajstić information content (AvgIpc) is 3.10. The second kappa shape index (κ2) is 7.01. The topological polar surface area (TPSA) is 65.5 Å². The van der Waals surface area contributed by atoms with Crippen molar-refractivity contribution in [1.29, 1.82) is 0 Å². The Kier molecular flexibility index (Phi) is 4.81. The van der Waals surface area contributed by atoms with Crippen molar-refractivity contribution in [3.63, 3.8) is 0 Å². The van der Waals surface area contributed by atoms with E-state index in [4.69, 9.17) is 0 Å². The molecule has 3 rings (SSSR count). The van der Waals surface area contributed by atoms with Crippen molar-refractivity contribution in [3.05, 3.63) is 53.2 Å². The normalized spacial score (nSPS) is 15.4. The van der Waals surface area contributed by atoms with Crippen LogP contribution >= 0.6 is 0 Å². The monoisotopic (exact) mass is 325 g/mol. The number of aromatic nitrogens is 1. The molecular formula is C19H23N3O2. The largest absolute Gasteiger partial charge is 0.378 e. The van der Waals surface area contributed by atoms with Crippen LogP contribution in [-0.4, -0.2) is 29.1 Å². The molecule has 1 fully saturated rings. The van der Waals surface area contributed by atoms with Gasteiger partial charge in [0.2, 0.25) is 0 Å². The van der Waals surface area contributed by atoms with E-state index in [0.717, 1.165) is 30.2 Å². The Labute approximate surface area is 142 Å². The molecule has 126 valence electrons. The summed E-state index contributed by atoms with van der Waals surface area (Å²) in [5.41, 5.74) is 2.98. The number of aliphatic hydroxyl groups excluding tert-OH is 1. The Morgan fingerprint density at radius 2 is 1.96 bits per heavy atom. The number of amides is 1. The highest BCUT2D eigenvalue weighted by molar-refractivity contribution is 5.95. The lowest BCUT2D eigenvalue weighted by atomic mass is 10.1. The quantitative estimate of drug-likeness (QED) is 0.907. The van der Waals surface area contributed by atoms with Gasteiger partial charge in [-0.15, -0.1) is 0 Å². The molecule has 2 aromatic rings. The van der Waals surface area contributed by atoms with Gasteiger partial charge in [0.05, 0.1) is 11.4 Å². The molecule has 2 N–H and O–H groups in total. The Balaban J connectivity index is 1.72. The number of pyridine rings is 1. The van der Waals surface area contributed by atoms with E-state index in [2.05, 4.69) is 15.2 Å². The Hall–Kier alpha value is -2.40. The van der Waals surface area contributed by atoms with E-state index in [1.165, 1.54) is 12.8 Å². The van der Waals surface area contributed by atoms with Gasteiger partial charge in [-0.2, -0.15) is 0 Å². The van der Waals surface area contributed by atoms with E-state index in [1.807, 2.05) is 44.2 Å². The van der Waals surface area contributed by atoms with Gasteiger partial charge in [0.15, 0.2) is 6.10 Å². The molecule has 0 spiro atoms. The zero-order valence-corrected chi connectivity index (χ0v) is 14.1. The molecule has 2 heterocycles. The number of aryl methyl sites for hydroxylation is 2. The van der Waals surface area contributed by atoms with Gasteiger partial charge in [0.1, 0.15) is 5.82 Å². The van der Waals surface area contributed by atoms with Gasteiger partial charge < -0.3 is 15.3 Å². The van der Waals surface area contributed by atoms with Crippen LogP contribution in [0.15, 0.2) is 36.4 Å². The zero-order valence-electron chi connectivity index (χ0n) is 14.1. The number of nitrogens with one attached hydrogen (secondary N) is 1. The minimum atomic E-state index is -1.19. The summed E-state index contributed by atoms with van der Waals surface area (Å²) in [5, 5.41) is 13.0. The second-order valence-corrected chi connectivity index (χ2v) is 6.30. The highest BCUT2D eigenvalue weighted by Gasteiger charge is 2.19. The van der Waals surface area contributed by atoms with E-state index in [1.54, 1.807) is 6.07 Å². The molecule has 24 heavy (non-hydrogen) atoms. The van der Waals surface area contributed by atoms with Gasteiger partial charge in [-0.25, -0.2) is 4.98 Å². The molecule has 1 aromatic carbocycles. The van der Waals surface area contributed by atoms with Crippen molar-refractivity contribution < 1.29 is 9.90 Å². The summed E-state index contributed by atoms with van der Waals surface area (Å²) in [6.45, 7) is 5.86. The fourth-order valence-electron chi connectivity index (χ4n) is 2.99. The van der Waals surface area contributed by atoms with E-state index >= 15 is 0 Å². The first-order valence-electron chi connectivity index (χ1n) is 8.33. The molecule has 0 bridgehead atoms. The van der Waals surface area contributed by atoms with Crippen LogP contribution in [0.5, 0.6) is 0 Å². The zero-order chi connectivity index (χ0) is 17.1. The number of anilines is 2. The van der Waals surface area contributed by atoms with Crippen LogP contribution in [0.3, 0.4) is 0 Å². The molecule has 0 saturated carbocycles. The van der Waals surface area contributed by atoms with E-state index in [0.29, 0.717) is 11.3 Å². The molecule has 1 aromatic heterocycles. The maximum absolute atomic E-state index is 12.3. The van der Waals surface area contributed by atoms with Crippen molar-refractivity contribution in [1.82, 2.24) is 4.98 Å². The standard InChI is InChI=1S/C19H23N3O2/c1-13-6-5-7-15(12-13)18(23)19(24)21-16-8-9-17(20-14(16)2)22-10-3-4-11-22/h5-9,12,18,23H,3-4,10-11H2,1-2H3,(H,21,24). The maximum atomic E-state index is 12.3. The van der Waals surface area contributed by atoms with Crippen LogP contribution in [0, 0.1) is 13.8 Å². The molecule has 0 radical (unpaired) electrons. The highest BCUT2D eigenvalue weighted by Crippen LogP contribution is 2.23. The van der Waals surface area contributed by atoms with E-state index < -0.39 is 12.0 Å². The summed E-state index contributed by atoms with van der Waals surface area (Å²) in [7, 11) is 0. The van der Waals surface area contributed by atoms with E-state index in [-0.39, 0.29) is 0 Å². The molecular weight excluding hydrogens is 302 g/mol. The first kappa shape index (κ1) is 16.5. The SMILES string of the molecule is Cc1cccc(C(O)C(=O)Nc2ccc(N3CCCC3)nc2C)c1. The Morgan fingerprint density at radius 1 is 1.21 bits per heavy atom. The summed E-state index contributed by atoms with van der Waals surface area (Å²) in [6, 6.07) is 11.1. The molecule has 1 amide bonds. The maximum Gasteiger partial charge on any atom is 0.257 e. The van der Waals surface area contributed by atoms with E-state index in [9.17, 15) is 9.90 Å². The van der Waals surface area contributed by atoms with Crippen LogP contribution in [-0.2, 0) is 4.79 Å². The second-order valence-electron chi connectivity index (χ2n) is 6.30. The van der Waals surface area contributed by atoms with Gasteiger partial charge in [-0.05, 0) is 44.4 Å². The number of hydrogen-bond donors (Lipinski definition) is 2. The summed E-state index contributed by atoms with van der Waals surface area (Å²) < 4.78 is 0. The van der Waals surface area contributed by atoms with Gasteiger partial charge in [0, 0.05) is 13.1 Å². The summed E-state index contributed by atoms with van der Waals surface area (Å²) >= 11 is 0. The molecule has 1 atom stereocenters. The summed E-state index contributed by atoms with van der Waals surface area (Å²) in [6.07, 6.45) is 1.20.